The van der Waals surface area contributed by atoms with Crippen molar-refractivity contribution in [3.63, 3.8) is 0 Å². The van der Waals surface area contributed by atoms with Crippen LogP contribution < -0.4 is 10.1 Å². The maximum absolute atomic E-state index is 13.7. The summed E-state index contributed by atoms with van der Waals surface area (Å²) in [6, 6.07) is 4.71. The van der Waals surface area contributed by atoms with Gasteiger partial charge in [-0.25, -0.2) is 4.79 Å². The average molecular weight is 488 g/mol. The van der Waals surface area contributed by atoms with Gasteiger partial charge in [-0.05, 0) is 43.4 Å². The molecule has 0 spiro atoms. The molecule has 9 nitrogen and oxygen atoms in total. The molecule has 9 heteroatoms. The Kier molecular flexibility index (Phi) is 8.56. The van der Waals surface area contributed by atoms with Crippen LogP contribution in [0.15, 0.2) is 40.7 Å². The molecule has 0 saturated heterocycles. The van der Waals surface area contributed by atoms with E-state index in [1.165, 1.54) is 20.3 Å². The molecule has 2 aliphatic rings. The zero-order chi connectivity index (χ0) is 25.7. The number of phenolic OH excluding ortho intramolecular Hbond substituents is 1. The largest absolute Gasteiger partial charge is 0.504 e. The molecule has 0 fully saturated rings. The third-order valence-electron chi connectivity index (χ3n) is 6.31. The fraction of sp³-hybridized carbons (Fsp3) is 0.500. The summed E-state index contributed by atoms with van der Waals surface area (Å²) in [4.78, 5) is 39.4. The predicted molar refractivity (Wildman–Crippen MR) is 127 cm³/mol. The van der Waals surface area contributed by atoms with E-state index >= 15 is 0 Å². The first-order valence-corrected chi connectivity index (χ1v) is 11.7. The van der Waals surface area contributed by atoms with E-state index in [0.717, 1.165) is 6.42 Å². The van der Waals surface area contributed by atoms with Crippen LogP contribution in [0.25, 0.3) is 0 Å². The Morgan fingerprint density at radius 3 is 2.54 bits per heavy atom. The topological polar surface area (TPSA) is 120 Å². The van der Waals surface area contributed by atoms with Gasteiger partial charge in [0.2, 0.25) is 0 Å². The lowest BCUT2D eigenvalue weighted by molar-refractivity contribution is -0.151. The third-order valence-corrected chi connectivity index (χ3v) is 6.31. The third kappa shape index (κ3) is 5.35. The number of hydrogen-bond donors (Lipinski definition) is 2. The smallest absolute Gasteiger partial charge is 0.336 e. The number of allylic oxidation sites excluding steroid dienone is 3. The van der Waals surface area contributed by atoms with E-state index < -0.39 is 29.6 Å². The van der Waals surface area contributed by atoms with Crippen LogP contribution in [0.2, 0.25) is 0 Å². The van der Waals surface area contributed by atoms with Crippen LogP contribution in [-0.2, 0) is 28.6 Å². The van der Waals surface area contributed by atoms with Gasteiger partial charge in [0.25, 0.3) is 0 Å². The highest BCUT2D eigenvalue weighted by atomic mass is 16.6. The van der Waals surface area contributed by atoms with Crippen molar-refractivity contribution in [2.75, 3.05) is 34.0 Å². The summed E-state index contributed by atoms with van der Waals surface area (Å²) in [5.41, 5.74) is 2.21. The van der Waals surface area contributed by atoms with Crippen LogP contribution in [0.3, 0.4) is 0 Å². The number of Topliss-reactive ketones (excluding diaryl/α,β-unsaturated/α-hetero) is 1. The van der Waals surface area contributed by atoms with Gasteiger partial charge in [0.15, 0.2) is 17.3 Å². The van der Waals surface area contributed by atoms with Crippen LogP contribution in [0, 0.1) is 11.8 Å². The second kappa shape index (κ2) is 11.4. The minimum absolute atomic E-state index is 0.0534. The van der Waals surface area contributed by atoms with Crippen molar-refractivity contribution in [1.82, 2.24) is 5.32 Å². The summed E-state index contributed by atoms with van der Waals surface area (Å²) >= 11 is 0. The van der Waals surface area contributed by atoms with Gasteiger partial charge in [-0.15, -0.1) is 0 Å². The molecule has 1 heterocycles. The predicted octanol–water partition coefficient (Wildman–Crippen LogP) is 2.98. The number of carbonyl (C=O) groups is 3. The molecule has 3 atom stereocenters. The number of carbonyl (C=O) groups excluding carboxylic acids is 3. The number of esters is 2. The van der Waals surface area contributed by atoms with Crippen molar-refractivity contribution in [3.05, 3.63) is 46.3 Å². The second-order valence-electron chi connectivity index (χ2n) is 8.71. The summed E-state index contributed by atoms with van der Waals surface area (Å²) in [6.07, 6.45) is 1.27. The Bertz CT molecular complexity index is 1060. The van der Waals surface area contributed by atoms with Crippen LogP contribution in [0.5, 0.6) is 11.5 Å². The van der Waals surface area contributed by atoms with Crippen molar-refractivity contribution in [1.29, 1.82) is 0 Å². The van der Waals surface area contributed by atoms with Gasteiger partial charge in [-0.2, -0.15) is 0 Å². The first kappa shape index (κ1) is 26.3. The molecule has 2 N–H and O–H groups in total. The molecule has 1 aromatic carbocycles. The van der Waals surface area contributed by atoms with Crippen LogP contribution in [-0.4, -0.2) is 56.9 Å². The van der Waals surface area contributed by atoms with E-state index in [9.17, 15) is 19.5 Å². The lowest BCUT2D eigenvalue weighted by Gasteiger charge is -2.38. The highest BCUT2D eigenvalue weighted by Crippen LogP contribution is 2.46. The molecule has 0 amide bonds. The number of phenols is 1. The van der Waals surface area contributed by atoms with Gasteiger partial charge >= 0.3 is 11.9 Å². The summed E-state index contributed by atoms with van der Waals surface area (Å²) < 4.78 is 20.9. The van der Waals surface area contributed by atoms with Crippen LogP contribution in [0.1, 0.15) is 45.1 Å². The van der Waals surface area contributed by atoms with E-state index in [4.69, 9.17) is 18.9 Å². The molecular formula is C26H33NO8. The van der Waals surface area contributed by atoms with Crippen molar-refractivity contribution in [3.8, 4) is 11.5 Å². The summed E-state index contributed by atoms with van der Waals surface area (Å²) in [6.45, 7) is 6.41. The van der Waals surface area contributed by atoms with E-state index in [0.29, 0.717) is 35.6 Å². The molecule has 1 aromatic rings. The lowest BCUT2D eigenvalue weighted by Crippen LogP contribution is -2.43. The molecule has 1 aliphatic carbocycles. The zero-order valence-corrected chi connectivity index (χ0v) is 20.8. The number of benzene rings is 1. The van der Waals surface area contributed by atoms with Crippen molar-refractivity contribution in [2.45, 2.75) is 39.5 Å². The minimum Gasteiger partial charge on any atom is -0.504 e. The lowest BCUT2D eigenvalue weighted by atomic mass is 9.69. The monoisotopic (exact) mass is 487 g/mol. The number of ether oxygens (including phenoxy) is 4. The zero-order valence-electron chi connectivity index (χ0n) is 20.8. The number of methoxy groups -OCH3 is 2. The van der Waals surface area contributed by atoms with Gasteiger partial charge in [0.1, 0.15) is 12.5 Å². The van der Waals surface area contributed by atoms with Crippen molar-refractivity contribution >= 4 is 17.7 Å². The Hall–Kier alpha value is -3.33. The number of hydrogen-bond acceptors (Lipinski definition) is 9. The molecule has 0 radical (unpaired) electrons. The van der Waals surface area contributed by atoms with E-state index in [2.05, 4.69) is 5.32 Å². The molecule has 190 valence electrons. The maximum Gasteiger partial charge on any atom is 0.336 e. The number of nitrogens with one attached hydrogen (secondary N) is 1. The Balaban J connectivity index is 2.06. The van der Waals surface area contributed by atoms with Crippen molar-refractivity contribution in [2.24, 2.45) is 11.8 Å². The van der Waals surface area contributed by atoms with E-state index in [-0.39, 0.29) is 36.2 Å². The van der Waals surface area contributed by atoms with Gasteiger partial charge in [-0.1, -0.05) is 19.9 Å². The van der Waals surface area contributed by atoms with Gasteiger partial charge in [-0.3, -0.25) is 9.59 Å². The fourth-order valence-corrected chi connectivity index (χ4v) is 4.69. The molecule has 0 unspecified atom stereocenters. The first-order valence-electron chi connectivity index (χ1n) is 11.7. The molecule has 3 rings (SSSR count). The Morgan fingerprint density at radius 1 is 1.17 bits per heavy atom. The van der Waals surface area contributed by atoms with Gasteiger partial charge in [0.05, 0.1) is 26.4 Å². The van der Waals surface area contributed by atoms with Gasteiger partial charge < -0.3 is 29.4 Å². The van der Waals surface area contributed by atoms with Crippen LogP contribution in [0.4, 0.5) is 0 Å². The second-order valence-corrected chi connectivity index (χ2v) is 8.71. The molecule has 0 saturated carbocycles. The SMILES string of the molecule is CCCOCCOC(=O)C1=C(C)NC2=C(C(=O)[C@H](C(=O)OC)[C@H](C)C2)[C@@H]1c1ccc(OC)c(O)c1. The number of rotatable bonds is 9. The molecule has 35 heavy (non-hydrogen) atoms. The summed E-state index contributed by atoms with van der Waals surface area (Å²) in [5.74, 6) is -3.65. The van der Waals surface area contributed by atoms with E-state index in [1.54, 1.807) is 19.1 Å². The number of dihydropyridines is 1. The standard InChI is InChI=1S/C26H33NO8/c1-6-9-34-10-11-35-26(31)21-15(3)27-17-12-14(2)20(25(30)33-5)24(29)23(17)22(21)16-7-8-19(32-4)18(28)13-16/h7-8,13-14,20,22,27-28H,6,9-12H2,1-5H3/t14-,20-,22-/m1/s1. The number of ketones is 1. The molecule has 0 aromatic heterocycles. The maximum atomic E-state index is 13.7. The average Bonchev–Trinajstić information content (AvgIpc) is 2.82. The van der Waals surface area contributed by atoms with Crippen LogP contribution >= 0.6 is 0 Å². The Morgan fingerprint density at radius 2 is 1.91 bits per heavy atom. The van der Waals surface area contributed by atoms with Gasteiger partial charge in [0, 0.05) is 29.5 Å². The molecule has 0 bridgehead atoms. The Labute approximate surface area is 205 Å². The van der Waals surface area contributed by atoms with E-state index in [1.807, 2.05) is 13.8 Å². The first-order chi connectivity index (χ1) is 16.7. The normalized spacial score (nSPS) is 21.9. The van der Waals surface area contributed by atoms with Crippen molar-refractivity contribution < 1.29 is 38.4 Å². The highest BCUT2D eigenvalue weighted by molar-refractivity contribution is 6.12. The fourth-order valence-electron chi connectivity index (χ4n) is 4.69. The minimum atomic E-state index is -0.993. The summed E-state index contributed by atoms with van der Waals surface area (Å²) in [5, 5.41) is 13.7. The molecular weight excluding hydrogens is 454 g/mol. The number of aromatic hydroxyl groups is 1. The quantitative estimate of drug-likeness (QED) is 0.308. The highest BCUT2D eigenvalue weighted by Gasteiger charge is 2.47. The molecule has 1 aliphatic heterocycles. The summed E-state index contributed by atoms with van der Waals surface area (Å²) in [7, 11) is 2.68.